The third kappa shape index (κ3) is 4.02. The van der Waals surface area contributed by atoms with E-state index in [-0.39, 0.29) is 29.2 Å². The van der Waals surface area contributed by atoms with Crippen molar-refractivity contribution in [1.82, 2.24) is 5.32 Å². The number of aliphatic hydroxyl groups is 1. The van der Waals surface area contributed by atoms with Gasteiger partial charge < -0.3 is 14.6 Å². The zero-order valence-corrected chi connectivity index (χ0v) is 19.1. The third-order valence-electron chi connectivity index (χ3n) is 6.75. The average Bonchev–Trinajstić information content (AvgIpc) is 3.18. The van der Waals surface area contributed by atoms with E-state index in [2.05, 4.69) is 5.32 Å². The van der Waals surface area contributed by atoms with Gasteiger partial charge in [0.2, 0.25) is 0 Å². The lowest BCUT2D eigenvalue weighted by Crippen LogP contribution is -2.54. The summed E-state index contributed by atoms with van der Waals surface area (Å²) in [4.78, 5) is 13.3. The molecule has 6 nitrogen and oxygen atoms in total. The van der Waals surface area contributed by atoms with E-state index in [1.807, 2.05) is 5.38 Å². The molecule has 0 aliphatic heterocycles. The van der Waals surface area contributed by atoms with Crippen molar-refractivity contribution in [1.29, 1.82) is 0 Å². The summed E-state index contributed by atoms with van der Waals surface area (Å²) in [6, 6.07) is 13.1. The van der Waals surface area contributed by atoms with Crippen molar-refractivity contribution in [3.63, 3.8) is 0 Å². The Bertz CT molecular complexity index is 1230. The molecule has 0 spiro atoms. The molecule has 2 aromatic carbocycles. The van der Waals surface area contributed by atoms with Crippen molar-refractivity contribution in [3.05, 3.63) is 59.5 Å². The summed E-state index contributed by atoms with van der Waals surface area (Å²) in [6.45, 7) is 0.133. The Hall–Kier alpha value is -2.42. The maximum atomic E-state index is 13.2. The summed E-state index contributed by atoms with van der Waals surface area (Å²) in [6.07, 6.45) is 4.05. The molecule has 2 bridgehead atoms. The van der Waals surface area contributed by atoms with Crippen LogP contribution in [0.25, 0.3) is 10.1 Å². The normalized spacial score (nSPS) is 24.7. The highest BCUT2D eigenvalue weighted by Gasteiger charge is 2.46. The Labute approximate surface area is 191 Å². The van der Waals surface area contributed by atoms with Crippen LogP contribution in [-0.4, -0.2) is 32.1 Å². The number of hydrogen-bond acceptors (Lipinski definition) is 6. The number of fused-ring (bicyclic) bond motifs is 3. The lowest BCUT2D eigenvalue weighted by Gasteiger charge is -2.51. The van der Waals surface area contributed by atoms with Gasteiger partial charge in [0.25, 0.3) is 5.91 Å². The fourth-order valence-electron chi connectivity index (χ4n) is 5.16. The minimum atomic E-state index is -3.96. The fourth-order valence-corrected chi connectivity index (χ4v) is 7.02. The highest BCUT2D eigenvalue weighted by atomic mass is 32.2. The first kappa shape index (κ1) is 21.4. The molecule has 3 aliphatic carbocycles. The Balaban J connectivity index is 1.38. The van der Waals surface area contributed by atoms with Gasteiger partial charge in [-0.05, 0) is 73.8 Å². The molecule has 6 rings (SSSR count). The van der Waals surface area contributed by atoms with E-state index in [0.717, 1.165) is 29.9 Å². The molecule has 3 fully saturated rings. The first-order valence-corrected chi connectivity index (χ1v) is 13.2. The lowest BCUT2D eigenvalue weighted by molar-refractivity contribution is 0.0142. The Morgan fingerprint density at radius 3 is 2.66 bits per heavy atom. The van der Waals surface area contributed by atoms with Gasteiger partial charge in [0.15, 0.2) is 0 Å². The van der Waals surface area contributed by atoms with Crippen LogP contribution in [0.2, 0.25) is 0 Å². The van der Waals surface area contributed by atoms with Gasteiger partial charge >= 0.3 is 10.1 Å². The first-order valence-electron chi connectivity index (χ1n) is 10.9. The van der Waals surface area contributed by atoms with Crippen LogP contribution >= 0.6 is 11.3 Å². The predicted octanol–water partition coefficient (Wildman–Crippen LogP) is 4.20. The number of carbonyl (C=O) groups excluding carboxylic acids is 1. The number of rotatable bonds is 7. The summed E-state index contributed by atoms with van der Waals surface area (Å²) in [5, 5.41) is 15.1. The molecule has 1 heterocycles. The topological polar surface area (TPSA) is 92.7 Å². The van der Waals surface area contributed by atoms with Crippen LogP contribution in [0.5, 0.6) is 5.75 Å². The molecule has 0 unspecified atom stereocenters. The van der Waals surface area contributed by atoms with Crippen LogP contribution in [0, 0.1) is 17.8 Å². The number of thiophene rings is 1. The summed E-state index contributed by atoms with van der Waals surface area (Å²) in [7, 11) is -3.96. The van der Waals surface area contributed by atoms with Gasteiger partial charge in [-0.2, -0.15) is 8.42 Å². The quantitative estimate of drug-likeness (QED) is 0.504. The van der Waals surface area contributed by atoms with Crippen molar-refractivity contribution in [2.45, 2.75) is 36.6 Å². The monoisotopic (exact) mass is 471 g/mol. The fraction of sp³-hybridized carbons (Fsp3) is 0.375. The van der Waals surface area contributed by atoms with E-state index in [1.165, 1.54) is 23.5 Å². The number of carbonyl (C=O) groups is 1. The Kier molecular flexibility index (Phi) is 5.69. The van der Waals surface area contributed by atoms with E-state index < -0.39 is 10.1 Å². The summed E-state index contributed by atoms with van der Waals surface area (Å²) >= 11 is 1.44. The number of amides is 1. The molecule has 0 saturated heterocycles. The molecule has 3 aromatic rings. The maximum Gasteiger partial charge on any atom is 0.339 e. The number of aliphatic hydroxyl groups excluding tert-OH is 1. The van der Waals surface area contributed by atoms with Gasteiger partial charge in [-0.15, -0.1) is 11.3 Å². The van der Waals surface area contributed by atoms with Crippen LogP contribution in [0.1, 0.15) is 36.0 Å². The number of hydrogen-bond donors (Lipinski definition) is 2. The summed E-state index contributed by atoms with van der Waals surface area (Å²) < 4.78 is 31.4. The Morgan fingerprint density at radius 2 is 1.91 bits per heavy atom. The van der Waals surface area contributed by atoms with Gasteiger partial charge in [0.05, 0.1) is 5.56 Å². The van der Waals surface area contributed by atoms with Gasteiger partial charge in [0, 0.05) is 28.1 Å². The molecule has 168 valence electrons. The second kappa shape index (κ2) is 8.50. The Morgan fingerprint density at radius 1 is 1.12 bits per heavy atom. The van der Waals surface area contributed by atoms with Crippen LogP contribution in [0.3, 0.4) is 0 Å². The molecule has 1 amide bonds. The van der Waals surface area contributed by atoms with Crippen molar-refractivity contribution < 1.29 is 22.5 Å². The zero-order valence-electron chi connectivity index (χ0n) is 17.4. The number of benzene rings is 2. The standard InChI is InChI=1S/C24H25NO5S2/c26-9-8-16-10-15-11-17(12-15)23(16)25-24(27)21-14-31-22-7-6-18(13-20(21)22)30-32(28,29)19-4-2-1-3-5-19/h1-7,13-17,23,26H,8-12H2,(H,25,27)/t15?,16-,17?,23-/m0/s1. The van der Waals surface area contributed by atoms with Gasteiger partial charge in [-0.25, -0.2) is 0 Å². The lowest BCUT2D eigenvalue weighted by atomic mass is 9.58. The van der Waals surface area contributed by atoms with Crippen LogP contribution in [0.15, 0.2) is 58.8 Å². The van der Waals surface area contributed by atoms with Crippen LogP contribution in [0.4, 0.5) is 0 Å². The van der Waals surface area contributed by atoms with Crippen molar-refractivity contribution in [2.75, 3.05) is 6.61 Å². The van der Waals surface area contributed by atoms with E-state index >= 15 is 0 Å². The van der Waals surface area contributed by atoms with Gasteiger partial charge in [-0.3, -0.25) is 4.79 Å². The van der Waals surface area contributed by atoms with E-state index in [0.29, 0.717) is 29.2 Å². The largest absolute Gasteiger partial charge is 0.396 e. The van der Waals surface area contributed by atoms with Gasteiger partial charge in [-0.1, -0.05) is 18.2 Å². The highest BCUT2D eigenvalue weighted by Crippen LogP contribution is 2.49. The molecule has 3 saturated carbocycles. The van der Waals surface area contributed by atoms with E-state index in [1.54, 1.807) is 36.4 Å². The zero-order chi connectivity index (χ0) is 22.3. The maximum absolute atomic E-state index is 13.2. The van der Waals surface area contributed by atoms with Crippen molar-refractivity contribution in [3.8, 4) is 5.75 Å². The summed E-state index contributed by atoms with van der Waals surface area (Å²) in [5.74, 6) is 1.54. The van der Waals surface area contributed by atoms with E-state index in [4.69, 9.17) is 4.18 Å². The molecule has 1 aromatic heterocycles. The summed E-state index contributed by atoms with van der Waals surface area (Å²) in [5.41, 5.74) is 0.525. The molecule has 8 heteroatoms. The molecule has 0 radical (unpaired) electrons. The second-order valence-corrected chi connectivity index (χ2v) is 11.2. The molecular weight excluding hydrogens is 446 g/mol. The van der Waals surface area contributed by atoms with Crippen LogP contribution < -0.4 is 9.50 Å². The average molecular weight is 472 g/mol. The van der Waals surface area contributed by atoms with Crippen LogP contribution in [-0.2, 0) is 10.1 Å². The molecule has 2 atom stereocenters. The third-order valence-corrected chi connectivity index (χ3v) is 8.97. The second-order valence-electron chi connectivity index (χ2n) is 8.76. The molecular formula is C24H25NO5S2. The number of nitrogens with one attached hydrogen (secondary N) is 1. The van der Waals surface area contributed by atoms with Crippen molar-refractivity contribution >= 4 is 37.4 Å². The van der Waals surface area contributed by atoms with Gasteiger partial charge in [0.1, 0.15) is 10.6 Å². The highest BCUT2D eigenvalue weighted by molar-refractivity contribution is 7.87. The molecule has 3 aliphatic rings. The molecule has 2 N–H and O–H groups in total. The SMILES string of the molecule is O=C(N[C@@H]1C2CC(C2)C[C@@H]1CCO)c1csc2ccc(OS(=O)(=O)c3ccccc3)cc12. The minimum absolute atomic E-state index is 0.0764. The van der Waals surface area contributed by atoms with Crippen molar-refractivity contribution in [2.24, 2.45) is 17.8 Å². The first-order chi connectivity index (χ1) is 15.4. The molecule has 32 heavy (non-hydrogen) atoms. The smallest absolute Gasteiger partial charge is 0.339 e. The van der Waals surface area contributed by atoms with E-state index in [9.17, 15) is 18.3 Å². The predicted molar refractivity (Wildman–Crippen MR) is 123 cm³/mol. The minimum Gasteiger partial charge on any atom is -0.396 e.